The van der Waals surface area contributed by atoms with Crippen molar-refractivity contribution in [1.29, 1.82) is 0 Å². The van der Waals surface area contributed by atoms with Crippen LogP contribution in [0.1, 0.15) is 21.5 Å². The van der Waals surface area contributed by atoms with Crippen LogP contribution in [0.5, 0.6) is 0 Å². The summed E-state index contributed by atoms with van der Waals surface area (Å²) >= 11 is 1.48. The molecule has 8 nitrogen and oxygen atoms in total. The zero-order chi connectivity index (χ0) is 25.7. The number of nitro groups is 1. The van der Waals surface area contributed by atoms with Gasteiger partial charge in [0.15, 0.2) is 5.78 Å². The molecular formula is C28H18N2O6S. The van der Waals surface area contributed by atoms with Crippen LogP contribution >= 0.6 is 11.8 Å². The molecule has 2 aliphatic heterocycles. The van der Waals surface area contributed by atoms with Crippen LogP contribution in [0.25, 0.3) is 22.3 Å². The van der Waals surface area contributed by atoms with Crippen molar-refractivity contribution >= 4 is 51.2 Å². The number of ketones is 1. The molecular weight excluding hydrogens is 492 g/mol. The molecule has 0 bridgehead atoms. The SMILES string of the molecule is O=C(C1=C2SCCN2c2c(c(=O)oc3ccccc23)C1=C(O)c1ccc([N+](=O)[O-])cc1)c1ccccc1. The summed E-state index contributed by atoms with van der Waals surface area (Å²) in [5.74, 6) is -0.00478. The van der Waals surface area contributed by atoms with Gasteiger partial charge in [0.25, 0.3) is 5.69 Å². The molecule has 0 aliphatic carbocycles. The highest BCUT2D eigenvalue weighted by Gasteiger charge is 2.41. The number of rotatable bonds is 4. The van der Waals surface area contributed by atoms with Gasteiger partial charge in [-0.2, -0.15) is 0 Å². The molecule has 0 unspecified atom stereocenters. The van der Waals surface area contributed by atoms with E-state index in [0.29, 0.717) is 39.5 Å². The summed E-state index contributed by atoms with van der Waals surface area (Å²) in [5, 5.41) is 24.1. The summed E-state index contributed by atoms with van der Waals surface area (Å²) in [6.07, 6.45) is 0. The van der Waals surface area contributed by atoms with E-state index in [-0.39, 0.29) is 39.5 Å². The maximum Gasteiger partial charge on any atom is 0.346 e. The number of para-hydroxylation sites is 1. The van der Waals surface area contributed by atoms with E-state index in [0.717, 1.165) is 0 Å². The summed E-state index contributed by atoms with van der Waals surface area (Å²) in [4.78, 5) is 40.0. The summed E-state index contributed by atoms with van der Waals surface area (Å²) in [6.45, 7) is 0.567. The number of hydrogen-bond donors (Lipinski definition) is 1. The number of nitro benzene ring substituents is 1. The van der Waals surface area contributed by atoms with E-state index in [4.69, 9.17) is 4.42 Å². The fourth-order valence-electron chi connectivity index (χ4n) is 4.77. The highest BCUT2D eigenvalue weighted by atomic mass is 32.2. The molecule has 37 heavy (non-hydrogen) atoms. The van der Waals surface area contributed by atoms with Crippen LogP contribution < -0.4 is 10.5 Å². The van der Waals surface area contributed by atoms with Crippen LogP contribution in [0, 0.1) is 10.1 Å². The smallest absolute Gasteiger partial charge is 0.346 e. The minimum Gasteiger partial charge on any atom is -0.507 e. The summed E-state index contributed by atoms with van der Waals surface area (Å²) in [6, 6.07) is 21.1. The number of carbonyl (C=O) groups is 1. The Hall–Kier alpha value is -4.63. The van der Waals surface area contributed by atoms with Crippen molar-refractivity contribution in [3.63, 3.8) is 0 Å². The molecule has 0 spiro atoms. The van der Waals surface area contributed by atoms with Crippen LogP contribution in [0.4, 0.5) is 11.4 Å². The molecule has 3 aromatic carbocycles. The molecule has 1 fully saturated rings. The summed E-state index contributed by atoms with van der Waals surface area (Å²) < 4.78 is 5.65. The van der Waals surface area contributed by atoms with Gasteiger partial charge in [0.1, 0.15) is 11.3 Å². The number of aliphatic hydroxyl groups is 1. The second kappa shape index (κ2) is 8.79. The standard InChI is InChI=1S/C28H18N2O6S/c31-25(17-10-12-18(13-11-17)30(34)35)21-22-24(19-8-4-5-9-20(19)36-28(22)33)29-14-15-37-27(29)23(21)26(32)16-6-2-1-3-7-16/h1-13,31H,14-15H2. The van der Waals surface area contributed by atoms with E-state index in [9.17, 15) is 24.8 Å². The van der Waals surface area contributed by atoms with Crippen LogP contribution in [0.2, 0.25) is 0 Å². The number of benzene rings is 3. The number of allylic oxidation sites excluding steroid dienone is 2. The van der Waals surface area contributed by atoms with E-state index in [1.165, 1.54) is 36.0 Å². The average molecular weight is 511 g/mol. The van der Waals surface area contributed by atoms with E-state index >= 15 is 0 Å². The largest absolute Gasteiger partial charge is 0.507 e. The van der Waals surface area contributed by atoms with Gasteiger partial charge in [-0.05, 0) is 24.3 Å². The number of thioether (sulfide) groups is 1. The molecule has 9 heteroatoms. The Balaban J connectivity index is 1.71. The number of anilines is 1. The van der Waals surface area contributed by atoms with Gasteiger partial charge in [-0.15, -0.1) is 11.8 Å². The Bertz CT molecular complexity index is 1720. The molecule has 1 aromatic heterocycles. The molecule has 0 radical (unpaired) electrons. The van der Waals surface area contributed by atoms with Gasteiger partial charge in [0.2, 0.25) is 0 Å². The average Bonchev–Trinajstić information content (AvgIpc) is 3.41. The first kappa shape index (κ1) is 22.8. The van der Waals surface area contributed by atoms with Gasteiger partial charge in [0, 0.05) is 46.5 Å². The quantitative estimate of drug-likeness (QED) is 0.121. The van der Waals surface area contributed by atoms with Crippen molar-refractivity contribution in [2.45, 2.75) is 0 Å². The summed E-state index contributed by atoms with van der Waals surface area (Å²) in [5.41, 5.74) is 1.10. The molecule has 2 aliphatic rings. The normalized spacial score (nSPS) is 15.9. The van der Waals surface area contributed by atoms with E-state index in [1.807, 2.05) is 17.0 Å². The lowest BCUT2D eigenvalue weighted by Gasteiger charge is -2.31. The van der Waals surface area contributed by atoms with Gasteiger partial charge < -0.3 is 14.4 Å². The number of fused-ring (bicyclic) bond motifs is 5. The molecule has 182 valence electrons. The lowest BCUT2D eigenvalue weighted by atomic mass is 9.86. The maximum absolute atomic E-state index is 14.0. The number of non-ortho nitro benzene ring substituents is 1. The first-order valence-corrected chi connectivity index (χ1v) is 12.4. The Kier molecular flexibility index (Phi) is 5.42. The van der Waals surface area contributed by atoms with Gasteiger partial charge in [0.05, 0.1) is 26.8 Å². The monoisotopic (exact) mass is 510 g/mol. The molecule has 3 heterocycles. The molecule has 0 atom stereocenters. The second-order valence-corrected chi connectivity index (χ2v) is 9.60. The third kappa shape index (κ3) is 3.63. The predicted octanol–water partition coefficient (Wildman–Crippen LogP) is 5.79. The zero-order valence-electron chi connectivity index (χ0n) is 19.2. The number of Topliss-reactive ketones (excluding diaryl/α,β-unsaturated/α-hetero) is 1. The minimum atomic E-state index is -0.688. The number of hydrogen-bond acceptors (Lipinski definition) is 8. The van der Waals surface area contributed by atoms with Gasteiger partial charge in [-0.25, -0.2) is 4.79 Å². The predicted molar refractivity (Wildman–Crippen MR) is 143 cm³/mol. The maximum atomic E-state index is 14.0. The summed E-state index contributed by atoms with van der Waals surface area (Å²) in [7, 11) is 0. The van der Waals surface area contributed by atoms with Gasteiger partial charge >= 0.3 is 5.63 Å². The lowest BCUT2D eigenvalue weighted by Crippen LogP contribution is -2.30. The highest BCUT2D eigenvalue weighted by molar-refractivity contribution is 8.03. The van der Waals surface area contributed by atoms with Crippen molar-refractivity contribution in [3.05, 3.63) is 127 Å². The Morgan fingerprint density at radius 3 is 2.41 bits per heavy atom. The molecule has 0 saturated carbocycles. The fourth-order valence-corrected chi connectivity index (χ4v) is 5.91. The first-order valence-electron chi connectivity index (χ1n) is 11.4. The Morgan fingerprint density at radius 2 is 1.68 bits per heavy atom. The highest BCUT2D eigenvalue weighted by Crippen LogP contribution is 2.51. The Morgan fingerprint density at radius 1 is 0.973 bits per heavy atom. The number of nitrogens with zero attached hydrogens (tertiary/aromatic N) is 2. The van der Waals surface area contributed by atoms with Gasteiger partial charge in [-0.3, -0.25) is 14.9 Å². The third-order valence-electron chi connectivity index (χ3n) is 6.42. The molecule has 1 saturated heterocycles. The molecule has 0 amide bonds. The van der Waals surface area contributed by atoms with Crippen LogP contribution in [0.3, 0.4) is 0 Å². The molecule has 4 aromatic rings. The molecule has 6 rings (SSSR count). The van der Waals surface area contributed by atoms with Crippen LogP contribution in [-0.4, -0.2) is 28.1 Å². The first-order chi connectivity index (χ1) is 18.0. The Labute approximate surface area is 214 Å². The van der Waals surface area contributed by atoms with E-state index in [2.05, 4.69) is 0 Å². The van der Waals surface area contributed by atoms with Crippen molar-refractivity contribution in [3.8, 4) is 0 Å². The third-order valence-corrected chi connectivity index (χ3v) is 7.50. The van der Waals surface area contributed by atoms with Crippen molar-refractivity contribution in [2.75, 3.05) is 17.2 Å². The van der Waals surface area contributed by atoms with Crippen LogP contribution in [0.15, 0.2) is 98.7 Å². The van der Waals surface area contributed by atoms with Crippen molar-refractivity contribution < 1.29 is 19.2 Å². The van der Waals surface area contributed by atoms with Crippen molar-refractivity contribution in [2.24, 2.45) is 0 Å². The van der Waals surface area contributed by atoms with E-state index in [1.54, 1.807) is 42.5 Å². The molecule has 1 N–H and O–H groups in total. The van der Waals surface area contributed by atoms with E-state index < -0.39 is 10.5 Å². The van der Waals surface area contributed by atoms with Crippen LogP contribution in [-0.2, 0) is 0 Å². The second-order valence-electron chi connectivity index (χ2n) is 8.51. The fraction of sp³-hybridized carbons (Fsp3) is 0.0714. The van der Waals surface area contributed by atoms with Gasteiger partial charge in [-0.1, -0.05) is 42.5 Å². The lowest BCUT2D eigenvalue weighted by molar-refractivity contribution is -0.384. The van der Waals surface area contributed by atoms with Crippen molar-refractivity contribution in [1.82, 2.24) is 0 Å². The number of aliphatic hydroxyl groups excluding tert-OH is 1. The topological polar surface area (TPSA) is 114 Å². The number of carbonyl (C=O) groups excluding carboxylic acids is 1. The zero-order valence-corrected chi connectivity index (χ0v) is 20.0. The minimum absolute atomic E-state index is 0.0536.